The van der Waals surface area contributed by atoms with Crippen LogP contribution in [0, 0.1) is 11.8 Å². The number of hydrogen-bond donors (Lipinski definition) is 1. The zero-order valence-corrected chi connectivity index (χ0v) is 11.1. The van der Waals surface area contributed by atoms with Crippen LogP contribution in [0.1, 0.15) is 24.0 Å². The van der Waals surface area contributed by atoms with Crippen molar-refractivity contribution >= 4 is 0 Å². The first-order chi connectivity index (χ1) is 9.48. The molecule has 2 N–H and O–H groups in total. The molecular weight excluding hydrogens is 265 g/mol. The van der Waals surface area contributed by atoms with E-state index in [9.17, 15) is 13.2 Å². The van der Waals surface area contributed by atoms with Gasteiger partial charge < -0.3 is 5.73 Å². The molecule has 1 saturated carbocycles. The Balaban J connectivity index is 2.00. The van der Waals surface area contributed by atoms with Gasteiger partial charge >= 0.3 is 6.18 Å². The summed E-state index contributed by atoms with van der Waals surface area (Å²) >= 11 is 0. The summed E-state index contributed by atoms with van der Waals surface area (Å²) in [5, 5.41) is 0. The minimum atomic E-state index is -4.14. The predicted octanol–water partition coefficient (Wildman–Crippen LogP) is 2.52. The van der Waals surface area contributed by atoms with Crippen LogP contribution in [0.2, 0.25) is 0 Å². The molecule has 2 rings (SSSR count). The van der Waals surface area contributed by atoms with Crippen molar-refractivity contribution in [2.24, 2.45) is 5.73 Å². The molecule has 1 aliphatic rings. The van der Waals surface area contributed by atoms with Gasteiger partial charge in [-0.25, -0.2) is 0 Å². The molecule has 1 fully saturated rings. The van der Waals surface area contributed by atoms with Gasteiger partial charge in [-0.2, -0.15) is 13.2 Å². The number of nitrogens with two attached hydrogens (primary N) is 1. The first-order valence-corrected chi connectivity index (χ1v) is 6.56. The Morgan fingerprint density at radius 2 is 1.85 bits per heavy atom. The monoisotopic (exact) mass is 282 g/mol. The third-order valence-electron chi connectivity index (χ3n) is 3.12. The molecule has 0 bridgehead atoms. The van der Waals surface area contributed by atoms with Crippen LogP contribution in [-0.4, -0.2) is 30.2 Å². The highest BCUT2D eigenvalue weighted by Crippen LogP contribution is 2.31. The average molecular weight is 282 g/mol. The Labute approximate surface area is 116 Å². The second kappa shape index (κ2) is 6.29. The second-order valence-corrected chi connectivity index (χ2v) is 4.95. The minimum Gasteiger partial charge on any atom is -0.320 e. The van der Waals surface area contributed by atoms with Crippen molar-refractivity contribution in [3.8, 4) is 11.8 Å². The van der Waals surface area contributed by atoms with Crippen LogP contribution >= 0.6 is 0 Å². The van der Waals surface area contributed by atoms with E-state index >= 15 is 0 Å². The van der Waals surface area contributed by atoms with Gasteiger partial charge in [-0.3, -0.25) is 4.90 Å². The zero-order valence-electron chi connectivity index (χ0n) is 11.1. The summed E-state index contributed by atoms with van der Waals surface area (Å²) in [5.41, 5.74) is 6.99. The van der Waals surface area contributed by atoms with E-state index in [1.165, 1.54) is 4.90 Å². The molecule has 2 nitrogen and oxygen atoms in total. The van der Waals surface area contributed by atoms with Gasteiger partial charge in [0.2, 0.25) is 0 Å². The lowest BCUT2D eigenvalue weighted by Crippen LogP contribution is -2.35. The molecule has 1 aliphatic carbocycles. The van der Waals surface area contributed by atoms with Gasteiger partial charge in [0.15, 0.2) is 0 Å². The van der Waals surface area contributed by atoms with Crippen molar-refractivity contribution in [1.29, 1.82) is 0 Å². The molecule has 0 aliphatic heterocycles. The molecule has 1 aromatic carbocycles. The molecule has 0 saturated heterocycles. The third-order valence-corrected chi connectivity index (χ3v) is 3.12. The summed E-state index contributed by atoms with van der Waals surface area (Å²) < 4.78 is 37.6. The maximum Gasteiger partial charge on any atom is 0.401 e. The molecular formula is C15H17F3N2. The summed E-state index contributed by atoms with van der Waals surface area (Å²) in [7, 11) is 0. The van der Waals surface area contributed by atoms with Crippen LogP contribution < -0.4 is 5.73 Å². The van der Waals surface area contributed by atoms with Crippen molar-refractivity contribution in [1.82, 2.24) is 4.90 Å². The van der Waals surface area contributed by atoms with E-state index in [1.54, 1.807) is 0 Å². The maximum atomic E-state index is 12.5. The van der Waals surface area contributed by atoms with Crippen LogP contribution in [0.3, 0.4) is 0 Å². The van der Waals surface area contributed by atoms with Gasteiger partial charge in [-0.15, -0.1) is 0 Å². The fourth-order valence-corrected chi connectivity index (χ4v) is 2.07. The molecule has 0 atom stereocenters. The SMILES string of the molecule is NCC#Cc1ccc(CN(CC(F)(F)F)C2CC2)cc1. The van der Waals surface area contributed by atoms with E-state index in [2.05, 4.69) is 11.8 Å². The normalized spacial score (nSPS) is 15.1. The van der Waals surface area contributed by atoms with Crippen molar-refractivity contribution in [2.45, 2.75) is 31.6 Å². The Morgan fingerprint density at radius 1 is 1.20 bits per heavy atom. The highest BCUT2D eigenvalue weighted by Gasteiger charge is 2.37. The number of hydrogen-bond acceptors (Lipinski definition) is 2. The summed E-state index contributed by atoms with van der Waals surface area (Å²) in [5.74, 6) is 5.63. The van der Waals surface area contributed by atoms with Gasteiger partial charge in [0.05, 0.1) is 13.1 Å². The van der Waals surface area contributed by atoms with E-state index < -0.39 is 12.7 Å². The van der Waals surface area contributed by atoms with Gasteiger partial charge in [0, 0.05) is 18.2 Å². The number of nitrogens with zero attached hydrogens (tertiary/aromatic N) is 1. The van der Waals surface area contributed by atoms with Gasteiger partial charge in [-0.1, -0.05) is 24.0 Å². The van der Waals surface area contributed by atoms with Crippen LogP contribution in [0.25, 0.3) is 0 Å². The van der Waals surface area contributed by atoms with Crippen molar-refractivity contribution < 1.29 is 13.2 Å². The molecule has 5 heteroatoms. The molecule has 108 valence electrons. The summed E-state index contributed by atoms with van der Waals surface area (Å²) in [6.07, 6.45) is -2.43. The fraction of sp³-hybridized carbons (Fsp3) is 0.467. The van der Waals surface area contributed by atoms with E-state index in [-0.39, 0.29) is 6.04 Å². The fourth-order valence-electron chi connectivity index (χ4n) is 2.07. The minimum absolute atomic E-state index is 0.0772. The van der Waals surface area contributed by atoms with Crippen molar-refractivity contribution in [3.63, 3.8) is 0 Å². The lowest BCUT2D eigenvalue weighted by atomic mass is 10.1. The molecule has 0 unspecified atom stereocenters. The van der Waals surface area contributed by atoms with Gasteiger partial charge in [-0.05, 0) is 30.5 Å². The largest absolute Gasteiger partial charge is 0.401 e. The first kappa shape index (κ1) is 14.9. The van der Waals surface area contributed by atoms with Crippen LogP contribution in [-0.2, 0) is 6.54 Å². The van der Waals surface area contributed by atoms with E-state index in [4.69, 9.17) is 5.73 Å². The lowest BCUT2D eigenvalue weighted by molar-refractivity contribution is -0.148. The van der Waals surface area contributed by atoms with Crippen LogP contribution in [0.5, 0.6) is 0 Å². The van der Waals surface area contributed by atoms with Crippen LogP contribution in [0.15, 0.2) is 24.3 Å². The Hall–Kier alpha value is -1.51. The van der Waals surface area contributed by atoms with E-state index in [0.717, 1.165) is 24.0 Å². The highest BCUT2D eigenvalue weighted by molar-refractivity contribution is 5.36. The van der Waals surface area contributed by atoms with Crippen LogP contribution in [0.4, 0.5) is 13.2 Å². The number of halogens is 3. The topological polar surface area (TPSA) is 29.3 Å². The molecule has 0 aromatic heterocycles. The number of rotatable bonds is 4. The van der Waals surface area contributed by atoms with E-state index in [0.29, 0.717) is 13.1 Å². The molecule has 0 amide bonds. The van der Waals surface area contributed by atoms with Crippen molar-refractivity contribution in [3.05, 3.63) is 35.4 Å². The molecule has 0 heterocycles. The van der Waals surface area contributed by atoms with E-state index in [1.807, 2.05) is 24.3 Å². The zero-order chi connectivity index (χ0) is 14.6. The average Bonchev–Trinajstić information content (AvgIpc) is 3.20. The lowest BCUT2D eigenvalue weighted by Gasteiger charge is -2.23. The maximum absolute atomic E-state index is 12.5. The second-order valence-electron chi connectivity index (χ2n) is 4.95. The molecule has 20 heavy (non-hydrogen) atoms. The summed E-state index contributed by atoms with van der Waals surface area (Å²) in [4.78, 5) is 1.50. The standard InChI is InChI=1S/C15H17F3N2/c16-15(17,18)11-20(14-7-8-14)10-13-5-3-12(4-6-13)2-1-9-19/h3-6,14H,7-11,19H2. The Morgan fingerprint density at radius 3 is 2.35 bits per heavy atom. The highest BCUT2D eigenvalue weighted by atomic mass is 19.4. The molecule has 0 spiro atoms. The van der Waals surface area contributed by atoms with Crippen molar-refractivity contribution in [2.75, 3.05) is 13.1 Å². The third kappa shape index (κ3) is 4.87. The Bertz CT molecular complexity index is 493. The predicted molar refractivity (Wildman–Crippen MR) is 71.9 cm³/mol. The summed E-state index contributed by atoms with van der Waals surface area (Å²) in [6, 6.07) is 7.36. The quantitative estimate of drug-likeness (QED) is 0.860. The number of benzene rings is 1. The number of alkyl halides is 3. The summed E-state index contributed by atoms with van der Waals surface area (Å²) in [6.45, 7) is -0.218. The smallest absolute Gasteiger partial charge is 0.320 e. The molecule has 1 aromatic rings. The van der Waals surface area contributed by atoms with Gasteiger partial charge in [0.1, 0.15) is 0 Å². The Kier molecular flexibility index (Phi) is 4.69. The van der Waals surface area contributed by atoms with Gasteiger partial charge in [0.25, 0.3) is 0 Å². The molecule has 0 radical (unpaired) electrons. The first-order valence-electron chi connectivity index (χ1n) is 6.56.